The summed E-state index contributed by atoms with van der Waals surface area (Å²) < 4.78 is 4.84. The lowest BCUT2D eigenvalue weighted by molar-refractivity contribution is -0.119. The van der Waals surface area contributed by atoms with Crippen LogP contribution >= 0.6 is 0 Å². The zero-order chi connectivity index (χ0) is 12.8. The van der Waals surface area contributed by atoms with Crippen LogP contribution < -0.4 is 10.2 Å². The van der Waals surface area contributed by atoms with Crippen LogP contribution in [0.15, 0.2) is 24.3 Å². The molecular formula is C14H20N2O2. The maximum absolute atomic E-state index is 11.6. The third kappa shape index (κ3) is 3.23. The van der Waals surface area contributed by atoms with E-state index in [1.807, 2.05) is 18.2 Å². The van der Waals surface area contributed by atoms with Crippen molar-refractivity contribution in [2.24, 2.45) is 0 Å². The highest BCUT2D eigenvalue weighted by Gasteiger charge is 2.15. The number of hydrogen-bond donors (Lipinski definition) is 1. The smallest absolute Gasteiger partial charge is 0.250 e. The summed E-state index contributed by atoms with van der Waals surface area (Å²) in [5, 5.41) is 2.90. The number of amides is 1. The number of anilines is 2. The van der Waals surface area contributed by atoms with Gasteiger partial charge in [0.15, 0.2) is 0 Å². The largest absolute Gasteiger partial charge is 0.375 e. The molecular weight excluding hydrogens is 228 g/mol. The van der Waals surface area contributed by atoms with Crippen molar-refractivity contribution in [3.63, 3.8) is 0 Å². The zero-order valence-corrected chi connectivity index (χ0v) is 10.8. The molecule has 1 aliphatic heterocycles. The van der Waals surface area contributed by atoms with Crippen molar-refractivity contribution in [2.45, 2.75) is 19.3 Å². The van der Waals surface area contributed by atoms with Crippen LogP contribution in [0.25, 0.3) is 0 Å². The van der Waals surface area contributed by atoms with Crippen LogP contribution in [0.3, 0.4) is 0 Å². The van der Waals surface area contributed by atoms with Gasteiger partial charge in [0.25, 0.3) is 0 Å². The number of nitrogens with zero attached hydrogens (tertiary/aromatic N) is 1. The van der Waals surface area contributed by atoms with Crippen LogP contribution in [0, 0.1) is 0 Å². The molecule has 0 unspecified atom stereocenters. The van der Waals surface area contributed by atoms with E-state index in [9.17, 15) is 4.79 Å². The van der Waals surface area contributed by atoms with Crippen molar-refractivity contribution >= 4 is 17.3 Å². The van der Waals surface area contributed by atoms with Crippen LogP contribution in [-0.2, 0) is 9.53 Å². The van der Waals surface area contributed by atoms with Crippen molar-refractivity contribution < 1.29 is 9.53 Å². The fourth-order valence-electron chi connectivity index (χ4n) is 2.31. The highest BCUT2D eigenvalue weighted by Crippen LogP contribution is 2.28. The van der Waals surface area contributed by atoms with E-state index >= 15 is 0 Å². The molecule has 4 heteroatoms. The Morgan fingerprint density at radius 2 is 2.00 bits per heavy atom. The molecule has 1 aromatic carbocycles. The van der Waals surface area contributed by atoms with E-state index in [0.29, 0.717) is 0 Å². The molecule has 1 saturated heterocycles. The molecule has 0 saturated carbocycles. The first-order chi connectivity index (χ1) is 8.81. The number of hydrogen-bond acceptors (Lipinski definition) is 3. The van der Waals surface area contributed by atoms with Crippen molar-refractivity contribution in [3.8, 4) is 0 Å². The molecule has 1 aromatic rings. The van der Waals surface area contributed by atoms with E-state index < -0.39 is 0 Å². The lowest BCUT2D eigenvalue weighted by atomic mass is 10.1. The molecule has 1 aliphatic rings. The summed E-state index contributed by atoms with van der Waals surface area (Å²) in [6.45, 7) is 2.22. The van der Waals surface area contributed by atoms with Crippen molar-refractivity contribution in [1.29, 1.82) is 0 Å². The van der Waals surface area contributed by atoms with Crippen LogP contribution in [0.5, 0.6) is 0 Å². The van der Waals surface area contributed by atoms with Crippen molar-refractivity contribution in [2.75, 3.05) is 37.0 Å². The Hall–Kier alpha value is -1.55. The minimum absolute atomic E-state index is 0.0916. The molecule has 2 rings (SSSR count). The number of rotatable bonds is 4. The molecule has 1 N–H and O–H groups in total. The Kier molecular flexibility index (Phi) is 4.59. The normalized spacial score (nSPS) is 15.5. The molecule has 0 aliphatic carbocycles. The number of benzene rings is 1. The van der Waals surface area contributed by atoms with Gasteiger partial charge in [0, 0.05) is 20.2 Å². The lowest BCUT2D eigenvalue weighted by Crippen LogP contribution is -2.30. The quantitative estimate of drug-likeness (QED) is 0.888. The van der Waals surface area contributed by atoms with Gasteiger partial charge in [-0.3, -0.25) is 4.79 Å². The Morgan fingerprint density at radius 1 is 1.28 bits per heavy atom. The molecule has 0 spiro atoms. The Labute approximate surface area is 108 Å². The monoisotopic (exact) mass is 248 g/mol. The summed E-state index contributed by atoms with van der Waals surface area (Å²) in [7, 11) is 1.52. The highest BCUT2D eigenvalue weighted by molar-refractivity contribution is 5.95. The van der Waals surface area contributed by atoms with E-state index in [0.717, 1.165) is 24.5 Å². The minimum Gasteiger partial charge on any atom is -0.375 e. The van der Waals surface area contributed by atoms with Gasteiger partial charge in [-0.2, -0.15) is 0 Å². The number of piperidine rings is 1. The Balaban J connectivity index is 2.11. The van der Waals surface area contributed by atoms with E-state index in [2.05, 4.69) is 16.3 Å². The maximum atomic E-state index is 11.6. The summed E-state index contributed by atoms with van der Waals surface area (Å²) in [5.41, 5.74) is 1.99. The molecule has 0 bridgehead atoms. The van der Waals surface area contributed by atoms with E-state index in [1.54, 1.807) is 0 Å². The predicted octanol–water partition coefficient (Wildman–Crippen LogP) is 2.26. The molecule has 0 radical (unpaired) electrons. The van der Waals surface area contributed by atoms with Crippen molar-refractivity contribution in [1.82, 2.24) is 0 Å². The molecule has 1 heterocycles. The fourth-order valence-corrected chi connectivity index (χ4v) is 2.31. The summed E-state index contributed by atoms with van der Waals surface area (Å²) >= 11 is 0. The van der Waals surface area contributed by atoms with Gasteiger partial charge in [0.2, 0.25) is 5.91 Å². The van der Waals surface area contributed by atoms with Gasteiger partial charge in [-0.25, -0.2) is 0 Å². The predicted molar refractivity (Wildman–Crippen MR) is 73.0 cm³/mol. The average Bonchev–Trinajstić information content (AvgIpc) is 2.40. The van der Waals surface area contributed by atoms with E-state index in [-0.39, 0.29) is 12.5 Å². The molecule has 1 fully saturated rings. The van der Waals surface area contributed by atoms with Gasteiger partial charge < -0.3 is 15.0 Å². The van der Waals surface area contributed by atoms with Crippen LogP contribution in [0.1, 0.15) is 19.3 Å². The van der Waals surface area contributed by atoms with Gasteiger partial charge in [-0.15, -0.1) is 0 Å². The molecule has 0 atom stereocenters. The zero-order valence-electron chi connectivity index (χ0n) is 10.8. The number of ether oxygens (including phenoxy) is 1. The number of carbonyl (C=O) groups is 1. The average molecular weight is 248 g/mol. The molecule has 98 valence electrons. The standard InChI is InChI=1S/C14H20N2O2/c1-18-11-14(17)15-12-7-3-4-8-13(12)16-9-5-2-6-10-16/h3-4,7-8H,2,5-6,9-11H2,1H3,(H,15,17). The highest BCUT2D eigenvalue weighted by atomic mass is 16.5. The second kappa shape index (κ2) is 6.40. The summed E-state index contributed by atoms with van der Waals surface area (Å²) in [6.07, 6.45) is 3.75. The van der Waals surface area contributed by atoms with Crippen LogP contribution in [0.4, 0.5) is 11.4 Å². The van der Waals surface area contributed by atoms with Gasteiger partial charge in [-0.05, 0) is 31.4 Å². The Morgan fingerprint density at radius 3 is 2.72 bits per heavy atom. The van der Waals surface area contributed by atoms with Crippen LogP contribution in [0.2, 0.25) is 0 Å². The number of nitrogens with one attached hydrogen (secondary N) is 1. The minimum atomic E-state index is -0.109. The van der Waals surface area contributed by atoms with Gasteiger partial charge in [-0.1, -0.05) is 12.1 Å². The summed E-state index contributed by atoms with van der Waals surface area (Å²) in [4.78, 5) is 13.9. The van der Waals surface area contributed by atoms with Gasteiger partial charge >= 0.3 is 0 Å². The Bertz CT molecular complexity index is 401. The van der Waals surface area contributed by atoms with Crippen molar-refractivity contribution in [3.05, 3.63) is 24.3 Å². The lowest BCUT2D eigenvalue weighted by Gasteiger charge is -2.30. The second-order valence-electron chi connectivity index (χ2n) is 4.55. The first-order valence-corrected chi connectivity index (χ1v) is 6.44. The molecule has 18 heavy (non-hydrogen) atoms. The van der Waals surface area contributed by atoms with E-state index in [1.165, 1.54) is 26.4 Å². The third-order valence-corrected chi connectivity index (χ3v) is 3.15. The number of para-hydroxylation sites is 2. The number of methoxy groups -OCH3 is 1. The van der Waals surface area contributed by atoms with Gasteiger partial charge in [0.1, 0.15) is 6.61 Å². The molecule has 1 amide bonds. The summed E-state index contributed by atoms with van der Waals surface area (Å²) in [5.74, 6) is -0.109. The number of carbonyl (C=O) groups excluding carboxylic acids is 1. The van der Waals surface area contributed by atoms with E-state index in [4.69, 9.17) is 4.74 Å². The topological polar surface area (TPSA) is 41.6 Å². The van der Waals surface area contributed by atoms with Gasteiger partial charge in [0.05, 0.1) is 11.4 Å². The fraction of sp³-hybridized carbons (Fsp3) is 0.500. The molecule has 0 aromatic heterocycles. The third-order valence-electron chi connectivity index (χ3n) is 3.15. The first kappa shape index (κ1) is 12.9. The molecule has 4 nitrogen and oxygen atoms in total. The maximum Gasteiger partial charge on any atom is 0.250 e. The SMILES string of the molecule is COCC(=O)Nc1ccccc1N1CCCCC1. The second-order valence-corrected chi connectivity index (χ2v) is 4.55. The summed E-state index contributed by atoms with van der Waals surface area (Å²) in [6, 6.07) is 7.96. The first-order valence-electron chi connectivity index (χ1n) is 6.44. The van der Waals surface area contributed by atoms with Crippen LogP contribution in [-0.4, -0.2) is 32.7 Å².